The molecule has 0 amide bonds. The quantitative estimate of drug-likeness (QED) is 0.510. The summed E-state index contributed by atoms with van der Waals surface area (Å²) in [5.41, 5.74) is 3.87. The topological polar surface area (TPSA) is 53.4 Å². The molecule has 0 radical (unpaired) electrons. The molecule has 0 fully saturated rings. The van der Waals surface area contributed by atoms with E-state index in [0.717, 1.165) is 41.6 Å². The molecule has 3 nitrogen and oxygen atoms in total. The van der Waals surface area contributed by atoms with Gasteiger partial charge in [0.15, 0.2) is 0 Å². The zero-order valence-electron chi connectivity index (χ0n) is 15.8. The summed E-state index contributed by atoms with van der Waals surface area (Å²) in [6, 6.07) is 15.8. The normalized spacial score (nSPS) is 12.4. The van der Waals surface area contributed by atoms with E-state index in [0.29, 0.717) is 5.56 Å². The Morgan fingerprint density at radius 2 is 1.71 bits per heavy atom. The molecule has 0 saturated carbocycles. The van der Waals surface area contributed by atoms with Gasteiger partial charge in [0.25, 0.3) is 0 Å². The minimum atomic E-state index is -0.293. The van der Waals surface area contributed by atoms with Crippen molar-refractivity contribution in [3.05, 3.63) is 78.3 Å². The lowest BCUT2D eigenvalue weighted by Gasteiger charge is -2.06. The van der Waals surface area contributed by atoms with Gasteiger partial charge in [0, 0.05) is 22.9 Å². The van der Waals surface area contributed by atoms with E-state index in [1.54, 1.807) is 49.5 Å². The van der Waals surface area contributed by atoms with Gasteiger partial charge in [-0.15, -0.1) is 0 Å². The number of aliphatic hydroxyl groups excluding tert-OH is 1. The Morgan fingerprint density at radius 3 is 2.36 bits per heavy atom. The van der Waals surface area contributed by atoms with Crippen molar-refractivity contribution in [1.82, 2.24) is 4.98 Å². The fourth-order valence-corrected chi connectivity index (χ4v) is 2.95. The summed E-state index contributed by atoms with van der Waals surface area (Å²) in [7, 11) is 0. The van der Waals surface area contributed by atoms with Crippen LogP contribution in [0.4, 0.5) is 4.39 Å². The van der Waals surface area contributed by atoms with Crippen LogP contribution >= 0.6 is 0 Å². The third-order valence-electron chi connectivity index (χ3n) is 4.55. The summed E-state index contributed by atoms with van der Waals surface area (Å²) in [5, 5.41) is 18.6. The van der Waals surface area contributed by atoms with E-state index < -0.39 is 0 Å². The first-order valence-corrected chi connectivity index (χ1v) is 9.43. The number of aliphatic hydroxyl groups is 1. The van der Waals surface area contributed by atoms with E-state index in [1.165, 1.54) is 6.07 Å². The molecule has 0 bridgehead atoms. The lowest BCUT2D eigenvalue weighted by atomic mass is 10.0. The standard InChI is InChI=1S/C24H24FNO2/c1-17(27)5-3-2-4-6-18-7-8-20(15-23(18)25)21-11-14-24(26-16-21)19-9-12-22(28)13-10-19/h4,6-17,27-28H,2-3,5H2,1H3/b6-4+. The van der Waals surface area contributed by atoms with Crippen LogP contribution in [0.15, 0.2) is 66.9 Å². The fourth-order valence-electron chi connectivity index (χ4n) is 2.95. The Bertz CT molecular complexity index is 932. The predicted molar refractivity (Wildman–Crippen MR) is 111 cm³/mol. The molecule has 1 aromatic heterocycles. The van der Waals surface area contributed by atoms with E-state index in [4.69, 9.17) is 0 Å². The van der Waals surface area contributed by atoms with E-state index in [-0.39, 0.29) is 17.7 Å². The number of aromatic hydroxyl groups is 1. The number of benzene rings is 2. The molecule has 1 unspecified atom stereocenters. The first-order valence-electron chi connectivity index (χ1n) is 9.43. The van der Waals surface area contributed by atoms with Crippen LogP contribution in [0, 0.1) is 5.82 Å². The number of nitrogens with zero attached hydrogens (tertiary/aromatic N) is 1. The largest absolute Gasteiger partial charge is 0.508 e. The van der Waals surface area contributed by atoms with Gasteiger partial charge >= 0.3 is 0 Å². The van der Waals surface area contributed by atoms with E-state index in [1.807, 2.05) is 24.3 Å². The molecule has 3 rings (SSSR count). The number of rotatable bonds is 7. The smallest absolute Gasteiger partial charge is 0.131 e. The maximum Gasteiger partial charge on any atom is 0.131 e. The Labute approximate surface area is 164 Å². The Kier molecular flexibility index (Phi) is 6.56. The third-order valence-corrected chi connectivity index (χ3v) is 4.55. The van der Waals surface area contributed by atoms with Gasteiger partial charge in [0.2, 0.25) is 0 Å². The highest BCUT2D eigenvalue weighted by molar-refractivity contribution is 5.68. The molecule has 3 aromatic rings. The highest BCUT2D eigenvalue weighted by Crippen LogP contribution is 2.25. The lowest BCUT2D eigenvalue weighted by molar-refractivity contribution is 0.182. The predicted octanol–water partition coefficient (Wildman–Crippen LogP) is 5.82. The van der Waals surface area contributed by atoms with Gasteiger partial charge in [0.1, 0.15) is 11.6 Å². The van der Waals surface area contributed by atoms with Gasteiger partial charge in [0.05, 0.1) is 11.8 Å². The highest BCUT2D eigenvalue weighted by atomic mass is 19.1. The molecule has 1 atom stereocenters. The van der Waals surface area contributed by atoms with Gasteiger partial charge in [-0.25, -0.2) is 4.39 Å². The lowest BCUT2D eigenvalue weighted by Crippen LogP contribution is -1.97. The fraction of sp³-hybridized carbons (Fsp3) is 0.208. The molecule has 144 valence electrons. The number of hydrogen-bond acceptors (Lipinski definition) is 3. The summed E-state index contributed by atoms with van der Waals surface area (Å²) >= 11 is 0. The third kappa shape index (κ3) is 5.27. The molecule has 0 aliphatic rings. The monoisotopic (exact) mass is 377 g/mol. The van der Waals surface area contributed by atoms with Crippen molar-refractivity contribution >= 4 is 6.08 Å². The molecular formula is C24H24FNO2. The number of phenolic OH excluding ortho intramolecular Hbond substituents is 1. The van der Waals surface area contributed by atoms with Crippen molar-refractivity contribution in [2.45, 2.75) is 32.3 Å². The summed E-state index contributed by atoms with van der Waals surface area (Å²) in [6.45, 7) is 1.77. The van der Waals surface area contributed by atoms with E-state index in [2.05, 4.69) is 4.98 Å². The number of hydrogen-bond donors (Lipinski definition) is 2. The number of allylic oxidation sites excluding steroid dienone is 1. The van der Waals surface area contributed by atoms with Gasteiger partial charge in [-0.05, 0) is 68.1 Å². The number of unbranched alkanes of at least 4 members (excludes halogenated alkanes) is 1. The average molecular weight is 377 g/mol. The van der Waals surface area contributed by atoms with Crippen LogP contribution in [0.5, 0.6) is 5.75 Å². The van der Waals surface area contributed by atoms with Crippen LogP contribution in [0.1, 0.15) is 31.7 Å². The van der Waals surface area contributed by atoms with Crippen molar-refractivity contribution in [2.75, 3.05) is 0 Å². The second-order valence-electron chi connectivity index (χ2n) is 6.90. The van der Waals surface area contributed by atoms with Crippen LogP contribution in [-0.2, 0) is 0 Å². The Balaban J connectivity index is 1.69. The SMILES string of the molecule is CC(O)CCC/C=C/c1ccc(-c2ccc(-c3ccc(O)cc3)nc2)cc1F. The van der Waals surface area contributed by atoms with Crippen LogP contribution < -0.4 is 0 Å². The summed E-state index contributed by atoms with van der Waals surface area (Å²) < 4.78 is 14.4. The number of pyridine rings is 1. The Hall–Kier alpha value is -2.98. The molecule has 0 saturated heterocycles. The van der Waals surface area contributed by atoms with Crippen LogP contribution in [-0.4, -0.2) is 21.3 Å². The maximum atomic E-state index is 14.4. The van der Waals surface area contributed by atoms with E-state index in [9.17, 15) is 14.6 Å². The van der Waals surface area contributed by atoms with Crippen LogP contribution in [0.3, 0.4) is 0 Å². The second-order valence-corrected chi connectivity index (χ2v) is 6.90. The van der Waals surface area contributed by atoms with Crippen molar-refractivity contribution in [2.24, 2.45) is 0 Å². The highest BCUT2D eigenvalue weighted by Gasteiger charge is 2.05. The second kappa shape index (κ2) is 9.29. The van der Waals surface area contributed by atoms with Crippen LogP contribution in [0.25, 0.3) is 28.5 Å². The van der Waals surface area contributed by atoms with Gasteiger partial charge in [-0.3, -0.25) is 4.98 Å². The first kappa shape index (κ1) is 19.8. The molecule has 4 heteroatoms. The van der Waals surface area contributed by atoms with E-state index >= 15 is 0 Å². The van der Waals surface area contributed by atoms with Crippen LogP contribution in [0.2, 0.25) is 0 Å². The number of aromatic nitrogens is 1. The summed E-state index contributed by atoms with van der Waals surface area (Å²) in [6.07, 6.45) is 7.60. The van der Waals surface area contributed by atoms with Crippen molar-refractivity contribution in [3.63, 3.8) is 0 Å². The molecule has 1 heterocycles. The maximum absolute atomic E-state index is 14.4. The van der Waals surface area contributed by atoms with Gasteiger partial charge in [-0.2, -0.15) is 0 Å². The molecule has 2 aromatic carbocycles. The van der Waals surface area contributed by atoms with Crippen molar-refractivity contribution in [3.8, 4) is 28.1 Å². The van der Waals surface area contributed by atoms with Crippen molar-refractivity contribution < 1.29 is 14.6 Å². The van der Waals surface area contributed by atoms with Crippen molar-refractivity contribution in [1.29, 1.82) is 0 Å². The number of halogens is 1. The average Bonchev–Trinajstić information content (AvgIpc) is 2.69. The number of phenols is 1. The van der Waals surface area contributed by atoms with Gasteiger partial charge < -0.3 is 10.2 Å². The molecule has 0 aliphatic carbocycles. The Morgan fingerprint density at radius 1 is 1.00 bits per heavy atom. The van der Waals surface area contributed by atoms with Gasteiger partial charge in [-0.1, -0.05) is 30.4 Å². The first-order chi connectivity index (χ1) is 13.5. The molecule has 28 heavy (non-hydrogen) atoms. The zero-order valence-corrected chi connectivity index (χ0v) is 15.8. The molecule has 2 N–H and O–H groups in total. The zero-order chi connectivity index (χ0) is 19.9. The molecular weight excluding hydrogens is 353 g/mol. The summed E-state index contributed by atoms with van der Waals surface area (Å²) in [4.78, 5) is 4.45. The minimum absolute atomic E-state index is 0.216. The molecule has 0 aliphatic heterocycles. The molecule has 0 spiro atoms. The minimum Gasteiger partial charge on any atom is -0.508 e. The summed E-state index contributed by atoms with van der Waals surface area (Å²) in [5.74, 6) is -0.0557.